The molecule has 174 valence electrons. The van der Waals surface area contributed by atoms with Crippen LogP contribution in [0.5, 0.6) is 0 Å². The topological polar surface area (TPSA) is 160 Å². The lowest BCUT2D eigenvalue weighted by molar-refractivity contribution is 0.502. The Hall–Kier alpha value is -3.12. The molecule has 8 N–H and O–H groups in total. The number of thiophene rings is 2. The zero-order valence-corrected chi connectivity index (χ0v) is 20.6. The molecule has 0 saturated heterocycles. The van der Waals surface area contributed by atoms with E-state index in [1.165, 1.54) is 10.4 Å². The maximum atomic E-state index is 6.09. The molecule has 0 aromatic carbocycles. The van der Waals surface area contributed by atoms with Gasteiger partial charge in [0.2, 0.25) is 11.9 Å². The molecule has 0 spiro atoms. The van der Waals surface area contributed by atoms with E-state index in [0.29, 0.717) is 31.6 Å². The fourth-order valence-electron chi connectivity index (χ4n) is 2.52. The van der Waals surface area contributed by atoms with Crippen molar-refractivity contribution in [3.8, 4) is 0 Å². The summed E-state index contributed by atoms with van der Waals surface area (Å²) in [4.78, 5) is 21.6. The molecule has 10 nitrogen and oxygen atoms in total. The first-order valence-electron chi connectivity index (χ1n) is 9.90. The molecule has 2 aromatic rings. The van der Waals surface area contributed by atoms with E-state index in [1.54, 1.807) is 41.7 Å². The van der Waals surface area contributed by atoms with Gasteiger partial charge in [-0.3, -0.25) is 0 Å². The van der Waals surface area contributed by atoms with Gasteiger partial charge in [0.05, 0.1) is 13.1 Å². The molecule has 0 radical (unpaired) electrons. The monoisotopic (exact) mass is 476 g/mol. The first kappa shape index (κ1) is 25.1. The molecule has 0 aliphatic heterocycles. The first-order valence-corrected chi connectivity index (χ1v) is 11.7. The Morgan fingerprint density at radius 3 is 2.12 bits per heavy atom. The number of nitrogens with two attached hydrogens (primary N) is 4. The summed E-state index contributed by atoms with van der Waals surface area (Å²) in [5.41, 5.74) is 27.0. The van der Waals surface area contributed by atoms with Gasteiger partial charge >= 0.3 is 0 Å². The second-order valence-electron chi connectivity index (χ2n) is 7.34. The predicted molar refractivity (Wildman–Crippen MR) is 137 cm³/mol. The van der Waals surface area contributed by atoms with Crippen LogP contribution in [0.3, 0.4) is 0 Å². The minimum atomic E-state index is 0.147. The number of guanidine groups is 4. The predicted octanol–water partition coefficient (Wildman–Crippen LogP) is 1.11. The van der Waals surface area contributed by atoms with Crippen LogP contribution in [0.1, 0.15) is 21.6 Å². The van der Waals surface area contributed by atoms with E-state index in [1.807, 2.05) is 11.9 Å². The summed E-state index contributed by atoms with van der Waals surface area (Å²) in [6, 6.07) is 2.08. The highest BCUT2D eigenvalue weighted by Gasteiger charge is 2.08. The highest BCUT2D eigenvalue weighted by molar-refractivity contribution is 7.10. The van der Waals surface area contributed by atoms with Crippen LogP contribution in [0.4, 0.5) is 0 Å². The van der Waals surface area contributed by atoms with Crippen molar-refractivity contribution in [2.75, 3.05) is 27.7 Å². The van der Waals surface area contributed by atoms with Crippen molar-refractivity contribution in [1.82, 2.24) is 9.80 Å². The van der Waals surface area contributed by atoms with Gasteiger partial charge < -0.3 is 32.7 Å². The summed E-state index contributed by atoms with van der Waals surface area (Å²) in [7, 11) is 5.45. The molecular formula is C20H32N10S2. The number of aliphatic imine (C=N–C) groups is 4. The van der Waals surface area contributed by atoms with Crippen LogP contribution in [-0.2, 0) is 19.5 Å². The van der Waals surface area contributed by atoms with Gasteiger partial charge in [0.15, 0.2) is 11.9 Å². The number of rotatable bonds is 7. The molecule has 2 heterocycles. The Kier molecular flexibility index (Phi) is 9.47. The zero-order chi connectivity index (χ0) is 23.7. The van der Waals surface area contributed by atoms with Crippen molar-refractivity contribution in [2.24, 2.45) is 42.9 Å². The second-order valence-corrected chi connectivity index (χ2v) is 9.20. The van der Waals surface area contributed by atoms with Gasteiger partial charge in [-0.15, -0.1) is 11.3 Å². The standard InChI is InChI=1S/C20H32N10S2/c1-13-7-14(10-32-13)8-25-17(21)28-20(24)30(4)6-5-15-11-31-12-16(15)9-26-18(22)27-19(23)29(2)3/h7,10-12H,5-6,8-9H2,1-4H3,(H4,21,24,25,28)(H4,22,23,26,27). The Balaban J connectivity index is 1.91. The van der Waals surface area contributed by atoms with Crippen molar-refractivity contribution in [3.05, 3.63) is 43.8 Å². The Labute approximate surface area is 197 Å². The molecule has 0 aliphatic carbocycles. The molecule has 0 unspecified atom stereocenters. The minimum absolute atomic E-state index is 0.147. The molecule has 12 heteroatoms. The fourth-order valence-corrected chi connectivity index (χ4v) is 4.11. The van der Waals surface area contributed by atoms with Crippen molar-refractivity contribution < 1.29 is 0 Å². The van der Waals surface area contributed by atoms with Gasteiger partial charge in [-0.25, -0.2) is 9.98 Å². The smallest absolute Gasteiger partial charge is 0.218 e. The average molecular weight is 477 g/mol. The number of hydrogen-bond acceptors (Lipinski definition) is 4. The lowest BCUT2D eigenvalue weighted by atomic mass is 10.1. The van der Waals surface area contributed by atoms with Gasteiger partial charge in [0.1, 0.15) is 0 Å². The molecule has 0 amide bonds. The van der Waals surface area contributed by atoms with E-state index in [4.69, 9.17) is 22.9 Å². The number of aryl methyl sites for hydroxylation is 1. The largest absolute Gasteiger partial charge is 0.369 e. The summed E-state index contributed by atoms with van der Waals surface area (Å²) in [5, 5.41) is 6.21. The molecule has 2 aromatic heterocycles. The molecule has 2 rings (SSSR count). The van der Waals surface area contributed by atoms with E-state index in [2.05, 4.69) is 49.1 Å². The second kappa shape index (κ2) is 12.1. The van der Waals surface area contributed by atoms with Crippen molar-refractivity contribution in [3.63, 3.8) is 0 Å². The molecule has 0 atom stereocenters. The Morgan fingerprint density at radius 2 is 1.50 bits per heavy atom. The third-order valence-corrected chi connectivity index (χ3v) is 6.23. The molecule has 0 saturated carbocycles. The minimum Gasteiger partial charge on any atom is -0.369 e. The number of likely N-dealkylation sites (N-methyl/N-ethyl adjacent to an activating group) is 1. The molecular weight excluding hydrogens is 444 g/mol. The van der Waals surface area contributed by atoms with Crippen LogP contribution in [0.25, 0.3) is 0 Å². The van der Waals surface area contributed by atoms with Crippen LogP contribution < -0.4 is 22.9 Å². The van der Waals surface area contributed by atoms with Gasteiger partial charge in [0, 0.05) is 32.6 Å². The fraction of sp³-hybridized carbons (Fsp3) is 0.400. The average Bonchev–Trinajstić information content (AvgIpc) is 3.37. The van der Waals surface area contributed by atoms with Gasteiger partial charge in [-0.1, -0.05) is 0 Å². The van der Waals surface area contributed by atoms with Crippen molar-refractivity contribution in [2.45, 2.75) is 26.4 Å². The summed E-state index contributed by atoms with van der Waals surface area (Å²) < 4.78 is 0. The van der Waals surface area contributed by atoms with Crippen LogP contribution >= 0.6 is 22.7 Å². The third-order valence-electron chi connectivity index (χ3n) is 4.48. The van der Waals surface area contributed by atoms with Crippen LogP contribution in [0, 0.1) is 6.92 Å². The van der Waals surface area contributed by atoms with Gasteiger partial charge in [-0.05, 0) is 52.2 Å². The quantitative estimate of drug-likeness (QED) is 0.346. The highest BCUT2D eigenvalue weighted by Crippen LogP contribution is 2.17. The van der Waals surface area contributed by atoms with Crippen LogP contribution in [-0.4, -0.2) is 61.3 Å². The van der Waals surface area contributed by atoms with Gasteiger partial charge in [0.25, 0.3) is 0 Å². The van der Waals surface area contributed by atoms with Gasteiger partial charge in [-0.2, -0.15) is 21.3 Å². The van der Waals surface area contributed by atoms with Crippen molar-refractivity contribution >= 4 is 46.5 Å². The summed E-state index contributed by atoms with van der Waals surface area (Å²) in [5.74, 6) is 0.938. The molecule has 0 aliphatic rings. The lowest BCUT2D eigenvalue weighted by Crippen LogP contribution is -2.37. The van der Waals surface area contributed by atoms with E-state index in [9.17, 15) is 0 Å². The Morgan fingerprint density at radius 1 is 0.875 bits per heavy atom. The summed E-state index contributed by atoms with van der Waals surface area (Å²) >= 11 is 3.30. The van der Waals surface area contributed by atoms with Crippen LogP contribution in [0.15, 0.2) is 42.2 Å². The summed E-state index contributed by atoms with van der Waals surface area (Å²) in [6.45, 7) is 3.65. The number of hydrogen-bond donors (Lipinski definition) is 4. The highest BCUT2D eigenvalue weighted by atomic mass is 32.1. The molecule has 32 heavy (non-hydrogen) atoms. The van der Waals surface area contributed by atoms with Crippen LogP contribution in [0.2, 0.25) is 0 Å². The summed E-state index contributed by atoms with van der Waals surface area (Å²) in [6.07, 6.45) is 0.773. The van der Waals surface area contributed by atoms with E-state index in [0.717, 1.165) is 17.5 Å². The SMILES string of the molecule is Cc1cc(CN=C(N)N=C(N)N(C)CCc2cscc2CN=C(N)N=C(N)N(C)C)cs1. The third kappa shape index (κ3) is 8.19. The maximum absolute atomic E-state index is 6.09. The maximum Gasteiger partial charge on any atom is 0.218 e. The first-order chi connectivity index (χ1) is 15.2. The Bertz CT molecular complexity index is 1000. The molecule has 0 fully saturated rings. The lowest BCUT2D eigenvalue weighted by Gasteiger charge is -2.17. The van der Waals surface area contributed by atoms with E-state index in [-0.39, 0.29) is 11.9 Å². The van der Waals surface area contributed by atoms with E-state index >= 15 is 0 Å². The normalized spacial score (nSPS) is 13.5. The molecule has 0 bridgehead atoms. The zero-order valence-electron chi connectivity index (χ0n) is 18.9. The van der Waals surface area contributed by atoms with E-state index < -0.39 is 0 Å². The van der Waals surface area contributed by atoms with Crippen molar-refractivity contribution in [1.29, 1.82) is 0 Å². The number of nitrogens with zero attached hydrogens (tertiary/aromatic N) is 6.